The van der Waals surface area contributed by atoms with Crippen molar-refractivity contribution in [2.45, 2.75) is 19.6 Å². The third-order valence-electron chi connectivity index (χ3n) is 5.23. The van der Waals surface area contributed by atoms with E-state index in [9.17, 15) is 27.6 Å². The number of nitrogens with one attached hydrogen (secondary N) is 3. The van der Waals surface area contributed by atoms with Gasteiger partial charge in [0.25, 0.3) is 5.91 Å². The minimum atomic E-state index is -4.54. The summed E-state index contributed by atoms with van der Waals surface area (Å²) in [6.45, 7) is 1.63. The van der Waals surface area contributed by atoms with Crippen molar-refractivity contribution in [2.24, 2.45) is 5.10 Å². The number of rotatable bonds is 9. The van der Waals surface area contributed by atoms with E-state index < -0.39 is 36.1 Å². The molecule has 0 spiro atoms. The van der Waals surface area contributed by atoms with E-state index >= 15 is 0 Å². The molecule has 3 N–H and O–H groups in total. The standard InChI is InChI=1S/C27H24F3IN4O5/c1-16-6-8-17(9-7-16)13-32-25(37)26(38)35-33-14-18-10-21(31)24(22(11-18)39-2)40-15-23(36)34-20-5-3-4-19(12-20)27(28,29)30/h3-12,14H,13,15H2,1-2H3,(H,32,37)(H,34,36)(H,35,38)/b33-14-. The van der Waals surface area contributed by atoms with Gasteiger partial charge in [-0.3, -0.25) is 14.4 Å². The van der Waals surface area contributed by atoms with E-state index in [0.717, 1.165) is 23.3 Å². The van der Waals surface area contributed by atoms with Crippen LogP contribution in [-0.4, -0.2) is 37.7 Å². The fourth-order valence-electron chi connectivity index (χ4n) is 3.25. The molecule has 3 amide bonds. The molecule has 0 saturated carbocycles. The maximum atomic E-state index is 12.9. The van der Waals surface area contributed by atoms with Crippen LogP contribution in [-0.2, 0) is 27.1 Å². The Hall–Kier alpha value is -4.14. The van der Waals surface area contributed by atoms with Gasteiger partial charge in [-0.1, -0.05) is 35.9 Å². The maximum Gasteiger partial charge on any atom is 0.416 e. The number of halogens is 4. The Morgan fingerprint density at radius 3 is 2.42 bits per heavy atom. The van der Waals surface area contributed by atoms with Gasteiger partial charge in [0.2, 0.25) is 0 Å². The second kappa shape index (κ2) is 13.8. The summed E-state index contributed by atoms with van der Waals surface area (Å²) in [4.78, 5) is 36.3. The first kappa shape index (κ1) is 30.4. The molecule has 0 heterocycles. The minimum Gasteiger partial charge on any atom is -0.493 e. The molecule has 0 unspecified atom stereocenters. The van der Waals surface area contributed by atoms with Crippen LogP contribution in [0.25, 0.3) is 0 Å². The van der Waals surface area contributed by atoms with Gasteiger partial charge in [0, 0.05) is 12.2 Å². The summed E-state index contributed by atoms with van der Waals surface area (Å²) >= 11 is 1.94. The molecule has 0 saturated heterocycles. The lowest BCUT2D eigenvalue weighted by Gasteiger charge is -2.14. The van der Waals surface area contributed by atoms with Crippen molar-refractivity contribution < 1.29 is 37.0 Å². The quantitative estimate of drug-likeness (QED) is 0.135. The average molecular weight is 668 g/mol. The second-order valence-electron chi connectivity index (χ2n) is 8.32. The molecule has 0 radical (unpaired) electrons. The Labute approximate surface area is 241 Å². The summed E-state index contributed by atoms with van der Waals surface area (Å²) in [6, 6.07) is 14.9. The lowest BCUT2D eigenvalue weighted by molar-refractivity contribution is -0.139. The number of nitrogens with zero attached hydrogens (tertiary/aromatic N) is 1. The van der Waals surface area contributed by atoms with E-state index in [1.165, 1.54) is 31.5 Å². The molecule has 13 heteroatoms. The van der Waals surface area contributed by atoms with Gasteiger partial charge in [0.05, 0.1) is 22.5 Å². The van der Waals surface area contributed by atoms with Crippen LogP contribution < -0.4 is 25.5 Å². The highest BCUT2D eigenvalue weighted by atomic mass is 127. The van der Waals surface area contributed by atoms with Crippen molar-refractivity contribution >= 4 is 52.2 Å². The SMILES string of the molecule is COc1cc(/C=N\NC(=O)C(=O)NCc2ccc(C)cc2)cc(I)c1OCC(=O)Nc1cccc(C(F)(F)F)c1. The number of anilines is 1. The van der Waals surface area contributed by atoms with Gasteiger partial charge >= 0.3 is 18.0 Å². The Balaban J connectivity index is 1.55. The van der Waals surface area contributed by atoms with Crippen molar-refractivity contribution in [1.29, 1.82) is 0 Å². The number of hydrogen-bond donors (Lipinski definition) is 3. The van der Waals surface area contributed by atoms with E-state index in [4.69, 9.17) is 9.47 Å². The molecule has 9 nitrogen and oxygen atoms in total. The normalized spacial score (nSPS) is 11.2. The zero-order valence-electron chi connectivity index (χ0n) is 21.3. The molecule has 3 aromatic carbocycles. The van der Waals surface area contributed by atoms with Crippen molar-refractivity contribution in [3.05, 3.63) is 86.5 Å². The third kappa shape index (κ3) is 8.97. The van der Waals surface area contributed by atoms with Gasteiger partial charge in [-0.25, -0.2) is 5.43 Å². The minimum absolute atomic E-state index is 0.0254. The predicted molar refractivity (Wildman–Crippen MR) is 150 cm³/mol. The Morgan fingerprint density at radius 1 is 1.02 bits per heavy atom. The van der Waals surface area contributed by atoms with Crippen molar-refractivity contribution in [3.63, 3.8) is 0 Å². The van der Waals surface area contributed by atoms with Gasteiger partial charge in [0.15, 0.2) is 18.1 Å². The number of carbonyl (C=O) groups is 3. The monoisotopic (exact) mass is 668 g/mol. The largest absolute Gasteiger partial charge is 0.493 e. The number of aryl methyl sites for hydroxylation is 1. The zero-order chi connectivity index (χ0) is 29.3. The van der Waals surface area contributed by atoms with Gasteiger partial charge in [0.1, 0.15) is 0 Å². The molecule has 0 aliphatic rings. The first-order valence-electron chi connectivity index (χ1n) is 11.6. The van der Waals surface area contributed by atoms with Crippen LogP contribution in [0.3, 0.4) is 0 Å². The topological polar surface area (TPSA) is 118 Å². The zero-order valence-corrected chi connectivity index (χ0v) is 23.4. The number of carbonyl (C=O) groups excluding carboxylic acids is 3. The Bertz CT molecular complexity index is 1410. The van der Waals surface area contributed by atoms with Crippen LogP contribution in [0.2, 0.25) is 0 Å². The lowest BCUT2D eigenvalue weighted by atomic mass is 10.1. The van der Waals surface area contributed by atoms with Crippen molar-refractivity contribution in [2.75, 3.05) is 19.0 Å². The summed E-state index contributed by atoms with van der Waals surface area (Å²) in [5.74, 6) is -2.01. The summed E-state index contributed by atoms with van der Waals surface area (Å²) < 4.78 is 50.1. The van der Waals surface area contributed by atoms with Crippen LogP contribution in [0.15, 0.2) is 65.8 Å². The molecule has 3 aromatic rings. The number of ether oxygens (including phenoxy) is 2. The van der Waals surface area contributed by atoms with E-state index in [1.54, 1.807) is 6.07 Å². The molecular weight excluding hydrogens is 644 g/mol. The molecule has 0 bridgehead atoms. The van der Waals surface area contributed by atoms with Crippen LogP contribution in [0.4, 0.5) is 18.9 Å². The molecular formula is C27H24F3IN4O5. The van der Waals surface area contributed by atoms with Crippen molar-refractivity contribution in [3.8, 4) is 11.5 Å². The van der Waals surface area contributed by atoms with Crippen LogP contribution in [0.5, 0.6) is 11.5 Å². The molecule has 0 aliphatic heterocycles. The van der Waals surface area contributed by atoms with Crippen LogP contribution >= 0.6 is 22.6 Å². The first-order valence-corrected chi connectivity index (χ1v) is 12.7. The van der Waals surface area contributed by atoms with Crippen LogP contribution in [0, 0.1) is 10.5 Å². The highest BCUT2D eigenvalue weighted by Gasteiger charge is 2.30. The molecule has 210 valence electrons. The highest BCUT2D eigenvalue weighted by Crippen LogP contribution is 2.34. The molecule has 0 atom stereocenters. The van der Waals surface area contributed by atoms with Gasteiger partial charge in [-0.15, -0.1) is 0 Å². The van der Waals surface area contributed by atoms with Gasteiger partial charge < -0.3 is 20.1 Å². The third-order valence-corrected chi connectivity index (χ3v) is 6.03. The van der Waals surface area contributed by atoms with Crippen LogP contribution in [0.1, 0.15) is 22.3 Å². The lowest BCUT2D eigenvalue weighted by Crippen LogP contribution is -2.37. The maximum absolute atomic E-state index is 12.9. The first-order chi connectivity index (χ1) is 19.0. The highest BCUT2D eigenvalue weighted by molar-refractivity contribution is 14.1. The van der Waals surface area contributed by atoms with Gasteiger partial charge in [-0.05, 0) is 71.0 Å². The van der Waals surface area contributed by atoms with E-state index in [2.05, 4.69) is 21.2 Å². The smallest absolute Gasteiger partial charge is 0.416 e. The second-order valence-corrected chi connectivity index (χ2v) is 9.48. The predicted octanol–water partition coefficient (Wildman–Crippen LogP) is 4.41. The summed E-state index contributed by atoms with van der Waals surface area (Å²) in [5.41, 5.74) is 3.63. The van der Waals surface area contributed by atoms with E-state index in [-0.39, 0.29) is 23.7 Å². The van der Waals surface area contributed by atoms with Gasteiger partial charge in [-0.2, -0.15) is 18.3 Å². The fraction of sp³-hybridized carbons (Fsp3) is 0.185. The number of alkyl halides is 3. The number of hydrogen-bond acceptors (Lipinski definition) is 6. The van der Waals surface area contributed by atoms with Crippen molar-refractivity contribution in [1.82, 2.24) is 10.7 Å². The number of amides is 3. The molecule has 0 aromatic heterocycles. The summed E-state index contributed by atoms with van der Waals surface area (Å²) in [5, 5.41) is 8.66. The number of methoxy groups -OCH3 is 1. The van der Waals surface area contributed by atoms with E-state index in [0.29, 0.717) is 9.13 Å². The van der Waals surface area contributed by atoms with E-state index in [1.807, 2.05) is 53.8 Å². The Morgan fingerprint density at radius 2 is 1.75 bits per heavy atom. The molecule has 40 heavy (non-hydrogen) atoms. The molecule has 3 rings (SSSR count). The molecule has 0 fully saturated rings. The Kier molecular flexibility index (Phi) is 10.5. The number of hydrazone groups is 1. The fourth-order valence-corrected chi connectivity index (χ4v) is 4.03. The number of benzene rings is 3. The molecule has 0 aliphatic carbocycles. The average Bonchev–Trinajstić information content (AvgIpc) is 2.91. The summed E-state index contributed by atoms with van der Waals surface area (Å²) in [6.07, 6.45) is -3.25. The summed E-state index contributed by atoms with van der Waals surface area (Å²) in [7, 11) is 1.38.